The van der Waals surface area contributed by atoms with E-state index in [0.717, 1.165) is 24.2 Å². The van der Waals surface area contributed by atoms with Gasteiger partial charge in [0, 0.05) is 13.5 Å². The summed E-state index contributed by atoms with van der Waals surface area (Å²) in [4.78, 5) is 12.1. The Bertz CT molecular complexity index is 651. The molecule has 0 radical (unpaired) electrons. The molecule has 5 heteroatoms. The maximum absolute atomic E-state index is 12.1. The predicted octanol–water partition coefficient (Wildman–Crippen LogP) is 2.29. The molecule has 22 heavy (non-hydrogen) atoms. The van der Waals surface area contributed by atoms with Crippen LogP contribution in [0, 0.1) is 0 Å². The minimum absolute atomic E-state index is 0.0876. The Balaban J connectivity index is 1.51. The molecule has 5 nitrogen and oxygen atoms in total. The van der Waals surface area contributed by atoms with Crippen molar-refractivity contribution >= 4 is 5.91 Å². The number of H-pyrrole nitrogens is 1. The van der Waals surface area contributed by atoms with E-state index >= 15 is 0 Å². The maximum Gasteiger partial charge on any atom is 0.220 e. The molecule has 1 heterocycles. The first-order chi connectivity index (χ1) is 10.8. The van der Waals surface area contributed by atoms with Gasteiger partial charge in [0.05, 0.1) is 24.5 Å². The van der Waals surface area contributed by atoms with Gasteiger partial charge in [0.1, 0.15) is 0 Å². The zero-order valence-electron chi connectivity index (χ0n) is 12.8. The van der Waals surface area contributed by atoms with Crippen molar-refractivity contribution in [1.29, 1.82) is 0 Å². The number of fused-ring (bicyclic) bond motifs is 1. The Hall–Kier alpha value is -2.14. The summed E-state index contributed by atoms with van der Waals surface area (Å²) >= 11 is 0. The van der Waals surface area contributed by atoms with Crippen molar-refractivity contribution in [2.45, 2.75) is 38.3 Å². The number of aromatic nitrogens is 2. The van der Waals surface area contributed by atoms with Crippen LogP contribution in [0.25, 0.3) is 0 Å². The summed E-state index contributed by atoms with van der Waals surface area (Å²) in [7, 11) is 1.63. The van der Waals surface area contributed by atoms with E-state index in [1.54, 1.807) is 7.11 Å². The number of nitrogens with one attached hydrogen (secondary N) is 2. The molecule has 1 amide bonds. The molecule has 0 unspecified atom stereocenters. The molecule has 0 spiro atoms. The summed E-state index contributed by atoms with van der Waals surface area (Å²) in [6.45, 7) is 0.952. The zero-order valence-corrected chi connectivity index (χ0v) is 12.8. The van der Waals surface area contributed by atoms with Crippen LogP contribution in [-0.2, 0) is 29.1 Å². The lowest BCUT2D eigenvalue weighted by molar-refractivity contribution is -0.121. The van der Waals surface area contributed by atoms with Crippen LogP contribution in [-0.4, -0.2) is 23.2 Å². The van der Waals surface area contributed by atoms with Gasteiger partial charge < -0.3 is 10.1 Å². The van der Waals surface area contributed by atoms with Gasteiger partial charge in [-0.15, -0.1) is 0 Å². The van der Waals surface area contributed by atoms with Gasteiger partial charge in [-0.1, -0.05) is 24.3 Å². The van der Waals surface area contributed by atoms with Gasteiger partial charge in [-0.25, -0.2) is 0 Å². The number of aromatic amines is 1. The van der Waals surface area contributed by atoms with Crippen molar-refractivity contribution in [3.8, 4) is 0 Å². The highest BCUT2D eigenvalue weighted by Gasteiger charge is 2.24. The van der Waals surface area contributed by atoms with Crippen molar-refractivity contribution in [2.24, 2.45) is 0 Å². The molecule has 0 aliphatic heterocycles. The van der Waals surface area contributed by atoms with Crippen LogP contribution in [0.15, 0.2) is 30.3 Å². The number of ether oxygens (including phenoxy) is 1. The lowest BCUT2D eigenvalue weighted by Crippen LogP contribution is -2.24. The lowest BCUT2D eigenvalue weighted by atomic mass is 9.97. The Morgan fingerprint density at radius 3 is 3.18 bits per heavy atom. The third kappa shape index (κ3) is 3.36. The smallest absolute Gasteiger partial charge is 0.220 e. The first-order valence-electron chi connectivity index (χ1n) is 7.63. The normalized spacial score (nSPS) is 16.5. The highest BCUT2D eigenvalue weighted by Crippen LogP contribution is 2.34. The summed E-state index contributed by atoms with van der Waals surface area (Å²) in [5.41, 5.74) is 4.46. The van der Waals surface area contributed by atoms with Crippen molar-refractivity contribution in [2.75, 3.05) is 7.11 Å². The number of benzene rings is 1. The SMILES string of the molecule is COCc1cc(CNC(=O)C[C@H]2CCc3ccccc32)[nH]n1. The topological polar surface area (TPSA) is 67.0 Å². The fraction of sp³-hybridized carbons (Fsp3) is 0.412. The number of hydrogen-bond donors (Lipinski definition) is 2. The van der Waals surface area contributed by atoms with Gasteiger partial charge in [0.25, 0.3) is 0 Å². The van der Waals surface area contributed by atoms with Crippen molar-refractivity contribution < 1.29 is 9.53 Å². The quantitative estimate of drug-likeness (QED) is 0.860. The third-order valence-electron chi connectivity index (χ3n) is 4.14. The van der Waals surface area contributed by atoms with Gasteiger partial charge in [0.2, 0.25) is 5.91 Å². The molecule has 116 valence electrons. The minimum atomic E-state index is 0.0876. The Labute approximate surface area is 130 Å². The Morgan fingerprint density at radius 1 is 1.45 bits per heavy atom. The van der Waals surface area contributed by atoms with E-state index in [4.69, 9.17) is 4.74 Å². The van der Waals surface area contributed by atoms with Crippen LogP contribution in [0.2, 0.25) is 0 Å². The molecule has 0 bridgehead atoms. The first kappa shape index (κ1) is 14.8. The summed E-state index contributed by atoms with van der Waals surface area (Å²) in [5, 5.41) is 9.99. The standard InChI is InChI=1S/C17H21N3O2/c1-22-11-15-9-14(19-20-15)10-18-17(21)8-13-7-6-12-4-2-3-5-16(12)13/h2-5,9,13H,6-8,10-11H2,1H3,(H,18,21)(H,19,20)/t13-/m1/s1. The van der Waals surface area contributed by atoms with Gasteiger partial charge in [-0.05, 0) is 36.0 Å². The van der Waals surface area contributed by atoms with E-state index in [1.165, 1.54) is 11.1 Å². The number of methoxy groups -OCH3 is 1. The number of nitrogens with zero attached hydrogens (tertiary/aromatic N) is 1. The molecule has 1 aliphatic carbocycles. The highest BCUT2D eigenvalue weighted by atomic mass is 16.5. The van der Waals surface area contributed by atoms with E-state index in [-0.39, 0.29) is 5.91 Å². The van der Waals surface area contributed by atoms with Crippen molar-refractivity contribution in [3.05, 3.63) is 52.8 Å². The van der Waals surface area contributed by atoms with Crippen LogP contribution in [0.5, 0.6) is 0 Å². The van der Waals surface area contributed by atoms with Gasteiger partial charge in [0.15, 0.2) is 0 Å². The zero-order chi connectivity index (χ0) is 15.4. The van der Waals surface area contributed by atoms with E-state index in [1.807, 2.05) is 6.07 Å². The molecule has 1 aliphatic rings. The highest BCUT2D eigenvalue weighted by molar-refractivity contribution is 5.77. The summed E-state index contributed by atoms with van der Waals surface area (Å²) in [6.07, 6.45) is 2.69. The molecule has 0 fully saturated rings. The maximum atomic E-state index is 12.1. The fourth-order valence-corrected chi connectivity index (χ4v) is 3.07. The number of rotatable bonds is 6. The summed E-state index contributed by atoms with van der Waals surface area (Å²) in [6, 6.07) is 10.3. The van der Waals surface area contributed by atoms with E-state index in [9.17, 15) is 4.79 Å². The third-order valence-corrected chi connectivity index (χ3v) is 4.14. The molecule has 1 atom stereocenters. The van der Waals surface area contributed by atoms with Crippen LogP contribution < -0.4 is 5.32 Å². The molecule has 3 rings (SSSR count). The van der Waals surface area contributed by atoms with Gasteiger partial charge >= 0.3 is 0 Å². The molecular formula is C17H21N3O2. The van der Waals surface area contributed by atoms with Crippen LogP contribution >= 0.6 is 0 Å². The minimum Gasteiger partial charge on any atom is -0.378 e. The van der Waals surface area contributed by atoms with Crippen LogP contribution in [0.1, 0.15) is 41.3 Å². The monoisotopic (exact) mass is 299 g/mol. The van der Waals surface area contributed by atoms with E-state index in [2.05, 4.69) is 39.8 Å². The first-order valence-corrected chi connectivity index (χ1v) is 7.63. The second kappa shape index (κ2) is 6.75. The molecular weight excluding hydrogens is 278 g/mol. The summed E-state index contributed by atoms with van der Waals surface area (Å²) < 4.78 is 5.02. The predicted molar refractivity (Wildman–Crippen MR) is 83.3 cm³/mol. The average Bonchev–Trinajstić information content (AvgIpc) is 3.13. The molecule has 2 aromatic rings. The number of amides is 1. The Kier molecular flexibility index (Phi) is 4.53. The molecule has 2 N–H and O–H groups in total. The summed E-state index contributed by atoms with van der Waals surface area (Å²) in [5.74, 6) is 0.437. The number of carbonyl (C=O) groups excluding carboxylic acids is 1. The molecule has 1 aromatic carbocycles. The van der Waals surface area contributed by atoms with Crippen molar-refractivity contribution in [3.63, 3.8) is 0 Å². The van der Waals surface area contributed by atoms with Gasteiger partial charge in [-0.2, -0.15) is 5.10 Å². The number of hydrogen-bond acceptors (Lipinski definition) is 3. The molecule has 1 aromatic heterocycles. The van der Waals surface area contributed by atoms with Crippen LogP contribution in [0.3, 0.4) is 0 Å². The lowest BCUT2D eigenvalue weighted by Gasteiger charge is -2.11. The number of carbonyl (C=O) groups is 1. The molecule has 0 saturated heterocycles. The average molecular weight is 299 g/mol. The fourth-order valence-electron chi connectivity index (χ4n) is 3.07. The molecule has 0 saturated carbocycles. The number of aryl methyl sites for hydroxylation is 1. The largest absolute Gasteiger partial charge is 0.378 e. The second-order valence-corrected chi connectivity index (χ2v) is 5.73. The second-order valence-electron chi connectivity index (χ2n) is 5.73. The van der Waals surface area contributed by atoms with E-state index in [0.29, 0.717) is 25.5 Å². The van der Waals surface area contributed by atoms with Crippen molar-refractivity contribution in [1.82, 2.24) is 15.5 Å². The Morgan fingerprint density at radius 2 is 2.32 bits per heavy atom. The van der Waals surface area contributed by atoms with E-state index < -0.39 is 0 Å². The van der Waals surface area contributed by atoms with Crippen LogP contribution in [0.4, 0.5) is 0 Å². The van der Waals surface area contributed by atoms with Gasteiger partial charge in [-0.3, -0.25) is 9.89 Å².